The van der Waals surface area contributed by atoms with E-state index in [-0.39, 0.29) is 30.2 Å². The Kier molecular flexibility index (Phi) is 4.19. The largest absolute Gasteiger partial charge is 0.459 e. The quantitative estimate of drug-likeness (QED) is 0.899. The van der Waals surface area contributed by atoms with Gasteiger partial charge in [-0.1, -0.05) is 5.16 Å². The van der Waals surface area contributed by atoms with Gasteiger partial charge in [0.25, 0.3) is 5.91 Å². The molecule has 0 saturated heterocycles. The van der Waals surface area contributed by atoms with E-state index >= 15 is 0 Å². The van der Waals surface area contributed by atoms with Gasteiger partial charge in [-0.2, -0.15) is 0 Å². The van der Waals surface area contributed by atoms with E-state index in [0.717, 1.165) is 0 Å². The highest BCUT2D eigenvalue weighted by atomic mass is 16.5. The minimum atomic E-state index is -0.354. The Balaban J connectivity index is 2.02. The lowest BCUT2D eigenvalue weighted by molar-refractivity contribution is -0.117. The molecule has 2 amide bonds. The van der Waals surface area contributed by atoms with Gasteiger partial charge in [0.05, 0.1) is 6.26 Å². The third kappa shape index (κ3) is 3.25. The molecule has 0 spiro atoms. The number of rotatable bonds is 5. The maximum absolute atomic E-state index is 12.2. The molecule has 1 N–H and O–H groups in total. The number of hydrogen-bond donors (Lipinski definition) is 1. The van der Waals surface area contributed by atoms with E-state index in [4.69, 9.17) is 4.42 Å². The SMILES string of the molecule is CC(C)N(CC(=O)Nc1ccon1)C(=O)c1ccco1. The second-order valence-electron chi connectivity index (χ2n) is 4.44. The molecule has 0 aromatic carbocycles. The molecule has 0 fully saturated rings. The van der Waals surface area contributed by atoms with E-state index in [9.17, 15) is 9.59 Å². The summed E-state index contributed by atoms with van der Waals surface area (Å²) in [5, 5.41) is 6.11. The van der Waals surface area contributed by atoms with E-state index in [1.807, 2.05) is 13.8 Å². The minimum Gasteiger partial charge on any atom is -0.459 e. The lowest BCUT2D eigenvalue weighted by atomic mass is 10.2. The zero-order valence-corrected chi connectivity index (χ0v) is 11.2. The summed E-state index contributed by atoms with van der Waals surface area (Å²) in [5.74, 6) is -0.176. The van der Waals surface area contributed by atoms with E-state index in [0.29, 0.717) is 5.82 Å². The van der Waals surface area contributed by atoms with Crippen LogP contribution in [0.3, 0.4) is 0 Å². The van der Waals surface area contributed by atoms with Gasteiger partial charge in [-0.05, 0) is 26.0 Å². The fourth-order valence-electron chi connectivity index (χ4n) is 1.64. The number of nitrogens with one attached hydrogen (secondary N) is 1. The third-order valence-corrected chi connectivity index (χ3v) is 2.64. The Labute approximate surface area is 115 Å². The van der Waals surface area contributed by atoms with Gasteiger partial charge < -0.3 is 19.2 Å². The van der Waals surface area contributed by atoms with Crippen molar-refractivity contribution in [2.24, 2.45) is 0 Å². The summed E-state index contributed by atoms with van der Waals surface area (Å²) < 4.78 is 9.68. The number of aromatic nitrogens is 1. The lowest BCUT2D eigenvalue weighted by Crippen LogP contribution is -2.42. The number of hydrogen-bond acceptors (Lipinski definition) is 5. The highest BCUT2D eigenvalue weighted by molar-refractivity contribution is 5.97. The first kappa shape index (κ1) is 13.9. The summed E-state index contributed by atoms with van der Waals surface area (Å²) in [6, 6.07) is 4.57. The van der Waals surface area contributed by atoms with Crippen LogP contribution in [0, 0.1) is 0 Å². The van der Waals surface area contributed by atoms with E-state index in [1.165, 1.54) is 23.5 Å². The first-order chi connectivity index (χ1) is 9.58. The zero-order chi connectivity index (χ0) is 14.5. The van der Waals surface area contributed by atoms with Crippen molar-refractivity contribution in [3.05, 3.63) is 36.5 Å². The fraction of sp³-hybridized carbons (Fsp3) is 0.308. The maximum Gasteiger partial charge on any atom is 0.290 e. The summed E-state index contributed by atoms with van der Waals surface area (Å²) in [4.78, 5) is 25.5. The summed E-state index contributed by atoms with van der Waals surface area (Å²) >= 11 is 0. The molecule has 0 saturated carbocycles. The van der Waals surface area contributed by atoms with Crippen LogP contribution < -0.4 is 5.32 Å². The molecule has 0 unspecified atom stereocenters. The lowest BCUT2D eigenvalue weighted by Gasteiger charge is -2.24. The van der Waals surface area contributed by atoms with Crippen LogP contribution in [0.2, 0.25) is 0 Å². The van der Waals surface area contributed by atoms with Crippen LogP contribution in [-0.2, 0) is 4.79 Å². The number of carbonyl (C=O) groups excluding carboxylic acids is 2. The van der Waals surface area contributed by atoms with Crippen molar-refractivity contribution in [1.82, 2.24) is 10.1 Å². The van der Waals surface area contributed by atoms with E-state index in [1.54, 1.807) is 12.1 Å². The molecule has 0 aliphatic rings. The molecule has 7 nitrogen and oxygen atoms in total. The summed E-state index contributed by atoms with van der Waals surface area (Å²) in [6.45, 7) is 3.55. The molecule has 0 radical (unpaired) electrons. The highest BCUT2D eigenvalue weighted by Crippen LogP contribution is 2.10. The van der Waals surface area contributed by atoms with Crippen LogP contribution in [0.25, 0.3) is 0 Å². The number of carbonyl (C=O) groups is 2. The molecule has 2 heterocycles. The van der Waals surface area contributed by atoms with Gasteiger partial charge in [0.1, 0.15) is 12.8 Å². The first-order valence-corrected chi connectivity index (χ1v) is 6.12. The van der Waals surface area contributed by atoms with Crippen molar-refractivity contribution in [2.45, 2.75) is 19.9 Å². The standard InChI is InChI=1S/C13H15N3O4/c1-9(2)16(13(18)10-4-3-6-19-10)8-12(17)14-11-5-7-20-15-11/h3-7,9H,8H2,1-2H3,(H,14,15,17). The molecular formula is C13H15N3O4. The van der Waals surface area contributed by atoms with Crippen molar-refractivity contribution in [1.29, 1.82) is 0 Å². The molecule has 2 rings (SSSR count). The minimum absolute atomic E-state index is 0.0932. The van der Waals surface area contributed by atoms with Gasteiger partial charge in [-0.3, -0.25) is 9.59 Å². The Hall–Kier alpha value is -2.57. The molecule has 20 heavy (non-hydrogen) atoms. The van der Waals surface area contributed by atoms with Gasteiger partial charge in [-0.25, -0.2) is 0 Å². The Morgan fingerprint density at radius 2 is 2.15 bits per heavy atom. The number of anilines is 1. The monoisotopic (exact) mass is 277 g/mol. The molecule has 2 aromatic heterocycles. The molecule has 0 bridgehead atoms. The van der Waals surface area contributed by atoms with E-state index in [2.05, 4.69) is 15.0 Å². The Morgan fingerprint density at radius 1 is 1.35 bits per heavy atom. The van der Waals surface area contributed by atoms with Crippen LogP contribution in [0.4, 0.5) is 5.82 Å². The van der Waals surface area contributed by atoms with Crippen molar-refractivity contribution in [3.63, 3.8) is 0 Å². The molecule has 0 atom stereocenters. The van der Waals surface area contributed by atoms with Crippen LogP contribution in [0.15, 0.2) is 39.7 Å². The van der Waals surface area contributed by atoms with Crippen molar-refractivity contribution >= 4 is 17.6 Å². The van der Waals surface area contributed by atoms with Gasteiger partial charge in [0.15, 0.2) is 11.6 Å². The van der Waals surface area contributed by atoms with Crippen molar-refractivity contribution < 1.29 is 18.5 Å². The number of amides is 2. The zero-order valence-electron chi connectivity index (χ0n) is 11.2. The van der Waals surface area contributed by atoms with Gasteiger partial charge in [-0.15, -0.1) is 0 Å². The third-order valence-electron chi connectivity index (χ3n) is 2.64. The predicted molar refractivity (Wildman–Crippen MR) is 70.0 cm³/mol. The molecule has 0 aliphatic carbocycles. The summed E-state index contributed by atoms with van der Waals surface area (Å²) in [6.07, 6.45) is 2.77. The van der Waals surface area contributed by atoms with Gasteiger partial charge >= 0.3 is 0 Å². The summed E-state index contributed by atoms with van der Waals surface area (Å²) in [7, 11) is 0. The molecule has 2 aromatic rings. The second-order valence-corrected chi connectivity index (χ2v) is 4.44. The average molecular weight is 277 g/mol. The maximum atomic E-state index is 12.2. The molecule has 0 aliphatic heterocycles. The van der Waals surface area contributed by atoms with Crippen LogP contribution in [0.5, 0.6) is 0 Å². The predicted octanol–water partition coefficient (Wildman–Crippen LogP) is 1.76. The Morgan fingerprint density at radius 3 is 2.70 bits per heavy atom. The number of furan rings is 1. The van der Waals surface area contributed by atoms with Gasteiger partial charge in [0, 0.05) is 12.1 Å². The van der Waals surface area contributed by atoms with Crippen LogP contribution >= 0.6 is 0 Å². The van der Waals surface area contributed by atoms with Crippen molar-refractivity contribution in [2.75, 3.05) is 11.9 Å². The van der Waals surface area contributed by atoms with Crippen LogP contribution in [-0.4, -0.2) is 34.5 Å². The molecule has 106 valence electrons. The number of nitrogens with zero attached hydrogens (tertiary/aromatic N) is 2. The topological polar surface area (TPSA) is 88.6 Å². The normalized spacial score (nSPS) is 10.6. The second kappa shape index (κ2) is 6.05. The smallest absolute Gasteiger partial charge is 0.290 e. The first-order valence-electron chi connectivity index (χ1n) is 6.12. The fourth-order valence-corrected chi connectivity index (χ4v) is 1.64. The van der Waals surface area contributed by atoms with E-state index < -0.39 is 0 Å². The molecule has 7 heteroatoms. The highest BCUT2D eigenvalue weighted by Gasteiger charge is 2.23. The van der Waals surface area contributed by atoms with Crippen LogP contribution in [0.1, 0.15) is 24.4 Å². The van der Waals surface area contributed by atoms with Gasteiger partial charge in [0.2, 0.25) is 5.91 Å². The average Bonchev–Trinajstić information content (AvgIpc) is 3.07. The Bertz CT molecular complexity index is 560. The molecular weight excluding hydrogens is 262 g/mol. The summed E-state index contributed by atoms with van der Waals surface area (Å²) in [5.41, 5.74) is 0. The van der Waals surface area contributed by atoms with Crippen molar-refractivity contribution in [3.8, 4) is 0 Å².